The van der Waals surface area contributed by atoms with E-state index < -0.39 is 5.97 Å². The monoisotopic (exact) mass is 210 g/mol. The lowest BCUT2D eigenvalue weighted by Crippen LogP contribution is -2.04. The van der Waals surface area contributed by atoms with Crippen LogP contribution in [0.5, 0.6) is 0 Å². The molecule has 0 saturated heterocycles. The maximum Gasteiger partial charge on any atom is 0.330 e. The lowest BCUT2D eigenvalue weighted by molar-refractivity contribution is -0.138. The number of hydrogen-bond acceptors (Lipinski definition) is 3. The Bertz CT molecular complexity index is 227. The van der Waals surface area contributed by atoms with E-state index in [2.05, 4.69) is 17.9 Å². The molecule has 0 radical (unpaired) electrons. The molecule has 0 aromatic heterocycles. The van der Waals surface area contributed by atoms with Crippen molar-refractivity contribution in [2.24, 2.45) is 0 Å². The molecule has 3 heteroatoms. The Labute approximate surface area is 91.1 Å². The maximum atomic E-state index is 10.1. The van der Waals surface area contributed by atoms with Gasteiger partial charge in [-0.3, -0.25) is 0 Å². The third kappa shape index (κ3) is 19.0. The number of rotatable bonds is 5. The summed E-state index contributed by atoms with van der Waals surface area (Å²) in [6.45, 7) is 8.56. The molecule has 3 nitrogen and oxygen atoms in total. The summed E-state index contributed by atoms with van der Waals surface area (Å²) >= 11 is 0. The number of carbonyl (C=O) groups is 1. The molecule has 15 heavy (non-hydrogen) atoms. The molecule has 0 bridgehead atoms. The van der Waals surface area contributed by atoms with E-state index in [-0.39, 0.29) is 13.2 Å². The minimum atomic E-state index is -0.501. The first-order valence-corrected chi connectivity index (χ1v) is 4.53. The highest BCUT2D eigenvalue weighted by atomic mass is 16.5. The Kier molecular flexibility index (Phi) is 15.7. The zero-order chi connectivity index (χ0) is 11.9. The normalized spacial score (nSPS) is 9.47. The number of aliphatic hydroxyl groups is 1. The highest BCUT2D eigenvalue weighted by Crippen LogP contribution is 1.75. The fourth-order valence-corrected chi connectivity index (χ4v) is 0.459. The number of aliphatic hydroxyl groups excluding tert-OH is 1. The van der Waals surface area contributed by atoms with Gasteiger partial charge in [0.05, 0.1) is 6.61 Å². The van der Waals surface area contributed by atoms with Crippen LogP contribution in [0.4, 0.5) is 0 Å². The Balaban J connectivity index is 0. The summed E-state index contributed by atoms with van der Waals surface area (Å²) < 4.78 is 4.33. The van der Waals surface area contributed by atoms with Crippen LogP contribution in [-0.4, -0.2) is 24.3 Å². The summed E-state index contributed by atoms with van der Waals surface area (Å²) in [5, 5.41) is 8.10. The van der Waals surface area contributed by atoms with Crippen molar-refractivity contribution in [1.82, 2.24) is 0 Å². The van der Waals surface area contributed by atoms with E-state index in [4.69, 9.17) is 5.11 Å². The third-order valence-electron chi connectivity index (χ3n) is 1.05. The number of hydrogen-bond donors (Lipinski definition) is 1. The maximum absolute atomic E-state index is 10.1. The van der Waals surface area contributed by atoms with Crippen LogP contribution in [0.15, 0.2) is 49.6 Å². The van der Waals surface area contributed by atoms with Gasteiger partial charge in [-0.2, -0.15) is 0 Å². The van der Waals surface area contributed by atoms with E-state index in [0.717, 1.165) is 6.08 Å². The van der Waals surface area contributed by atoms with E-state index in [0.29, 0.717) is 0 Å². The van der Waals surface area contributed by atoms with Crippen LogP contribution in [0.25, 0.3) is 0 Å². The fraction of sp³-hybridized carbons (Fsp3) is 0.250. The Morgan fingerprint density at radius 1 is 1.33 bits per heavy atom. The molecule has 0 aliphatic carbocycles. The zero-order valence-electron chi connectivity index (χ0n) is 9.06. The SMILES string of the molecule is C=C/C=C\C=C/C.C=CC(=O)OCCO. The van der Waals surface area contributed by atoms with Gasteiger partial charge in [-0.15, -0.1) is 0 Å². The highest BCUT2D eigenvalue weighted by Gasteiger charge is 1.90. The fourth-order valence-electron chi connectivity index (χ4n) is 0.459. The van der Waals surface area contributed by atoms with E-state index in [1.807, 2.05) is 31.2 Å². The molecule has 0 amide bonds. The van der Waals surface area contributed by atoms with Gasteiger partial charge >= 0.3 is 5.97 Å². The van der Waals surface area contributed by atoms with Crippen molar-refractivity contribution < 1.29 is 14.6 Å². The summed E-state index contributed by atoms with van der Waals surface area (Å²) in [6.07, 6.45) is 10.6. The molecule has 0 aliphatic rings. The molecule has 84 valence electrons. The van der Waals surface area contributed by atoms with E-state index in [1.54, 1.807) is 6.08 Å². The van der Waals surface area contributed by atoms with E-state index in [1.165, 1.54) is 0 Å². The van der Waals surface area contributed by atoms with Gasteiger partial charge in [0.15, 0.2) is 0 Å². The molecule has 0 saturated carbocycles. The van der Waals surface area contributed by atoms with Crippen molar-refractivity contribution in [3.63, 3.8) is 0 Å². The summed E-state index contributed by atoms with van der Waals surface area (Å²) in [7, 11) is 0. The molecule has 0 spiro atoms. The predicted octanol–water partition coefficient (Wildman–Crippen LogP) is 2.01. The molecule has 0 heterocycles. The molecular formula is C12H18O3. The predicted molar refractivity (Wildman–Crippen MR) is 62.4 cm³/mol. The minimum Gasteiger partial charge on any atom is -0.460 e. The molecule has 0 aliphatic heterocycles. The number of allylic oxidation sites excluding steroid dienone is 5. The third-order valence-corrected chi connectivity index (χ3v) is 1.05. The lowest BCUT2D eigenvalue weighted by Gasteiger charge is -1.94. The molecule has 0 atom stereocenters. The number of carbonyl (C=O) groups excluding carboxylic acids is 1. The second kappa shape index (κ2) is 14.9. The van der Waals surface area contributed by atoms with Crippen LogP contribution in [0.1, 0.15) is 6.92 Å². The number of ether oxygens (including phenoxy) is 1. The van der Waals surface area contributed by atoms with Crippen molar-refractivity contribution >= 4 is 5.97 Å². The highest BCUT2D eigenvalue weighted by molar-refractivity contribution is 5.81. The van der Waals surface area contributed by atoms with Crippen LogP contribution in [0.2, 0.25) is 0 Å². The standard InChI is InChI=1S/C7H10.C5H8O3/c1-3-5-7-6-4-2;1-2-5(7)8-4-3-6/h3-7H,1H2,2H3;2,6H,1,3-4H2/b6-4-,7-5-;. The smallest absolute Gasteiger partial charge is 0.330 e. The molecule has 1 N–H and O–H groups in total. The summed E-state index contributed by atoms with van der Waals surface area (Å²) in [5.41, 5.74) is 0. The van der Waals surface area contributed by atoms with Gasteiger partial charge in [0.25, 0.3) is 0 Å². The average molecular weight is 210 g/mol. The largest absolute Gasteiger partial charge is 0.460 e. The van der Waals surface area contributed by atoms with Gasteiger partial charge in [-0.1, -0.05) is 43.5 Å². The van der Waals surface area contributed by atoms with Crippen molar-refractivity contribution in [2.45, 2.75) is 6.92 Å². The molecule has 0 rings (SSSR count). The lowest BCUT2D eigenvalue weighted by atomic mass is 10.4. The first-order chi connectivity index (χ1) is 7.22. The number of esters is 1. The molecular weight excluding hydrogens is 192 g/mol. The Morgan fingerprint density at radius 3 is 2.40 bits per heavy atom. The zero-order valence-corrected chi connectivity index (χ0v) is 9.06. The van der Waals surface area contributed by atoms with Crippen LogP contribution >= 0.6 is 0 Å². The molecule has 0 aromatic rings. The van der Waals surface area contributed by atoms with Crippen molar-refractivity contribution in [2.75, 3.05) is 13.2 Å². The second-order valence-electron chi connectivity index (χ2n) is 2.24. The summed E-state index contributed by atoms with van der Waals surface area (Å²) in [5.74, 6) is -0.501. The van der Waals surface area contributed by atoms with Crippen LogP contribution in [0.3, 0.4) is 0 Å². The summed E-state index contributed by atoms with van der Waals surface area (Å²) in [6, 6.07) is 0. The molecule has 0 aromatic carbocycles. The van der Waals surface area contributed by atoms with Gasteiger partial charge in [0.2, 0.25) is 0 Å². The second-order valence-corrected chi connectivity index (χ2v) is 2.24. The van der Waals surface area contributed by atoms with Gasteiger partial charge in [-0.25, -0.2) is 4.79 Å². The first kappa shape index (κ1) is 15.8. The quantitative estimate of drug-likeness (QED) is 0.429. The van der Waals surface area contributed by atoms with Crippen molar-refractivity contribution in [1.29, 1.82) is 0 Å². The molecule has 0 fully saturated rings. The summed E-state index contributed by atoms with van der Waals surface area (Å²) in [4.78, 5) is 10.1. The molecule has 0 unspecified atom stereocenters. The van der Waals surface area contributed by atoms with E-state index >= 15 is 0 Å². The van der Waals surface area contributed by atoms with Crippen LogP contribution in [-0.2, 0) is 9.53 Å². The Morgan fingerprint density at radius 2 is 2.00 bits per heavy atom. The van der Waals surface area contributed by atoms with Gasteiger partial charge in [-0.05, 0) is 6.92 Å². The van der Waals surface area contributed by atoms with Crippen molar-refractivity contribution in [3.8, 4) is 0 Å². The van der Waals surface area contributed by atoms with Crippen LogP contribution < -0.4 is 0 Å². The van der Waals surface area contributed by atoms with Gasteiger partial charge < -0.3 is 9.84 Å². The minimum absolute atomic E-state index is 0.0465. The average Bonchev–Trinajstić information content (AvgIpc) is 2.27. The first-order valence-electron chi connectivity index (χ1n) is 4.53. The Hall–Kier alpha value is -1.61. The topological polar surface area (TPSA) is 46.5 Å². The van der Waals surface area contributed by atoms with Crippen LogP contribution in [0, 0.1) is 0 Å². The van der Waals surface area contributed by atoms with Gasteiger partial charge in [0.1, 0.15) is 6.61 Å². The van der Waals surface area contributed by atoms with Gasteiger partial charge in [0, 0.05) is 6.08 Å². The van der Waals surface area contributed by atoms with E-state index in [9.17, 15) is 4.79 Å². The van der Waals surface area contributed by atoms with Crippen molar-refractivity contribution in [3.05, 3.63) is 49.6 Å².